The number of unbranched alkanes of at least 4 members (excludes halogenated alkanes) is 8. The van der Waals surface area contributed by atoms with Crippen LogP contribution in [0.1, 0.15) is 90.4 Å². The van der Waals surface area contributed by atoms with E-state index in [-0.39, 0.29) is 57.8 Å². The molecule has 0 heterocycles. The van der Waals surface area contributed by atoms with Crippen LogP contribution in [-0.2, 0) is 14.4 Å². The number of nitrogens with two attached hydrogens (primary N) is 1. The van der Waals surface area contributed by atoms with E-state index in [9.17, 15) is 24.6 Å². The number of nitrogens with one attached hydrogen (secondary N) is 1. The number of rotatable bonds is 18. The molecule has 28 heavy (non-hydrogen) atoms. The Morgan fingerprint density at radius 3 is 1.86 bits per heavy atom. The van der Waals surface area contributed by atoms with Crippen LogP contribution in [0.4, 0.5) is 0 Å². The van der Waals surface area contributed by atoms with Gasteiger partial charge in [0.2, 0.25) is 5.91 Å². The first-order valence-electron chi connectivity index (χ1n) is 10.4. The van der Waals surface area contributed by atoms with Crippen molar-refractivity contribution in [3.05, 3.63) is 0 Å². The van der Waals surface area contributed by atoms with E-state index in [1.165, 1.54) is 32.1 Å². The molecule has 0 radical (unpaired) electrons. The third kappa shape index (κ3) is 16.9. The quantitative estimate of drug-likeness (QED) is 0.197. The number of amides is 1. The van der Waals surface area contributed by atoms with Crippen LogP contribution >= 0.6 is 0 Å². The molecule has 1 unspecified atom stereocenters. The minimum atomic E-state index is -1.10. The molecule has 0 rings (SSSR count). The van der Waals surface area contributed by atoms with Crippen LogP contribution in [0, 0.1) is 5.92 Å². The van der Waals surface area contributed by atoms with Gasteiger partial charge >= 0.3 is 63.3 Å². The average Bonchev–Trinajstić information content (AvgIpc) is 2.61. The van der Waals surface area contributed by atoms with E-state index in [1.807, 2.05) is 0 Å². The van der Waals surface area contributed by atoms with Gasteiger partial charge in [-0.3, -0.25) is 9.59 Å². The standard InChI is InChI=1S/C20H38N2O5.K.H/c1-2-3-4-5-6-7-8-9-12-16(19(24)25)15-18(23)22-17(20(26)27)13-10-11-14-21;;/h16-17H,2-15,21H2,1H3,(H,22,23)(H,24,25)(H,26,27);;/t16?,17-;;/m0../s1. The summed E-state index contributed by atoms with van der Waals surface area (Å²) in [6.07, 6.45) is 10.8. The first-order valence-corrected chi connectivity index (χ1v) is 10.4. The van der Waals surface area contributed by atoms with Crippen LogP contribution in [-0.4, -0.2) is 92.0 Å². The number of carbonyl (C=O) groups is 3. The van der Waals surface area contributed by atoms with Gasteiger partial charge in [-0.1, -0.05) is 58.3 Å². The summed E-state index contributed by atoms with van der Waals surface area (Å²) in [5.74, 6) is -3.37. The van der Waals surface area contributed by atoms with E-state index >= 15 is 0 Å². The molecule has 0 aliphatic heterocycles. The third-order valence-electron chi connectivity index (χ3n) is 4.77. The fraction of sp³-hybridized carbons (Fsp3) is 0.850. The van der Waals surface area contributed by atoms with Crippen molar-refractivity contribution >= 4 is 69.2 Å². The van der Waals surface area contributed by atoms with E-state index in [4.69, 9.17) is 5.73 Å². The normalized spacial score (nSPS) is 12.6. The number of carbonyl (C=O) groups excluding carboxylic acids is 1. The Morgan fingerprint density at radius 1 is 0.821 bits per heavy atom. The van der Waals surface area contributed by atoms with Crippen molar-refractivity contribution in [1.29, 1.82) is 0 Å². The van der Waals surface area contributed by atoms with Gasteiger partial charge in [0.1, 0.15) is 6.04 Å². The first-order chi connectivity index (χ1) is 12.9. The van der Waals surface area contributed by atoms with Crippen molar-refractivity contribution in [3.8, 4) is 0 Å². The molecule has 0 saturated carbocycles. The van der Waals surface area contributed by atoms with Gasteiger partial charge in [-0.25, -0.2) is 4.79 Å². The van der Waals surface area contributed by atoms with E-state index in [0.717, 1.165) is 19.3 Å². The summed E-state index contributed by atoms with van der Waals surface area (Å²) >= 11 is 0. The average molecular weight is 427 g/mol. The van der Waals surface area contributed by atoms with Crippen molar-refractivity contribution in [2.24, 2.45) is 11.7 Å². The Bertz CT molecular complexity index is 435. The van der Waals surface area contributed by atoms with Crippen LogP contribution in [0.3, 0.4) is 0 Å². The minimum absolute atomic E-state index is 0. The van der Waals surface area contributed by atoms with Gasteiger partial charge < -0.3 is 21.3 Å². The molecule has 160 valence electrons. The second kappa shape index (κ2) is 20.3. The number of aliphatic carboxylic acids is 2. The zero-order chi connectivity index (χ0) is 20.5. The summed E-state index contributed by atoms with van der Waals surface area (Å²) in [7, 11) is 0. The topological polar surface area (TPSA) is 130 Å². The van der Waals surface area contributed by atoms with Gasteiger partial charge in [-0.2, -0.15) is 0 Å². The molecule has 0 aliphatic carbocycles. The Labute approximate surface area is 212 Å². The summed E-state index contributed by atoms with van der Waals surface area (Å²) in [4.78, 5) is 34.7. The van der Waals surface area contributed by atoms with Gasteiger partial charge in [0.15, 0.2) is 0 Å². The van der Waals surface area contributed by atoms with E-state index < -0.39 is 29.8 Å². The molecule has 0 aromatic carbocycles. The van der Waals surface area contributed by atoms with Crippen molar-refractivity contribution < 1.29 is 24.6 Å². The molecule has 0 spiro atoms. The molecule has 7 nitrogen and oxygen atoms in total. The van der Waals surface area contributed by atoms with Crippen LogP contribution < -0.4 is 11.1 Å². The Balaban J connectivity index is 0. The molecule has 0 fully saturated rings. The summed E-state index contributed by atoms with van der Waals surface area (Å²) in [6, 6.07) is -0.985. The SMILES string of the molecule is CCCCCCCCCCC(CC(=O)N[C@@H](CCCCN)C(=O)O)C(=O)O.[KH]. The van der Waals surface area contributed by atoms with E-state index in [1.54, 1.807) is 0 Å². The molecular formula is C20H39KN2O5. The summed E-state index contributed by atoms with van der Waals surface area (Å²) in [5, 5.41) is 21.0. The Kier molecular flexibility index (Phi) is 21.9. The van der Waals surface area contributed by atoms with Gasteiger partial charge in [0, 0.05) is 6.42 Å². The van der Waals surface area contributed by atoms with E-state index in [0.29, 0.717) is 32.2 Å². The number of hydrogen-bond acceptors (Lipinski definition) is 4. The molecule has 8 heteroatoms. The summed E-state index contributed by atoms with van der Waals surface area (Å²) in [5.41, 5.74) is 5.39. The zero-order valence-corrected chi connectivity index (χ0v) is 16.8. The number of carboxylic acid groups (broad SMARTS) is 2. The Morgan fingerprint density at radius 2 is 1.36 bits per heavy atom. The first kappa shape index (κ1) is 30.2. The molecule has 2 atom stereocenters. The zero-order valence-electron chi connectivity index (χ0n) is 16.8. The third-order valence-corrected chi connectivity index (χ3v) is 4.77. The molecule has 0 aromatic heterocycles. The predicted octanol–water partition coefficient (Wildman–Crippen LogP) is 2.66. The van der Waals surface area contributed by atoms with Crippen molar-refractivity contribution in [3.63, 3.8) is 0 Å². The molecule has 1 amide bonds. The van der Waals surface area contributed by atoms with E-state index in [2.05, 4.69) is 12.2 Å². The van der Waals surface area contributed by atoms with Gasteiger partial charge in [0.25, 0.3) is 0 Å². The van der Waals surface area contributed by atoms with Crippen molar-refractivity contribution in [2.45, 2.75) is 96.4 Å². The number of carboxylic acids is 2. The fourth-order valence-corrected chi connectivity index (χ4v) is 3.06. The van der Waals surface area contributed by atoms with Crippen LogP contribution in [0.5, 0.6) is 0 Å². The maximum absolute atomic E-state index is 12.1. The van der Waals surface area contributed by atoms with Crippen LogP contribution in [0.2, 0.25) is 0 Å². The molecular weight excluding hydrogens is 387 g/mol. The van der Waals surface area contributed by atoms with Gasteiger partial charge in [-0.05, 0) is 32.2 Å². The van der Waals surface area contributed by atoms with Crippen molar-refractivity contribution in [1.82, 2.24) is 5.32 Å². The molecule has 0 aliphatic rings. The second-order valence-corrected chi connectivity index (χ2v) is 7.25. The fourth-order valence-electron chi connectivity index (χ4n) is 3.06. The molecule has 0 saturated heterocycles. The van der Waals surface area contributed by atoms with Gasteiger partial charge in [-0.15, -0.1) is 0 Å². The summed E-state index contributed by atoms with van der Waals surface area (Å²) in [6.45, 7) is 2.65. The van der Waals surface area contributed by atoms with Crippen LogP contribution in [0.15, 0.2) is 0 Å². The number of hydrogen-bond donors (Lipinski definition) is 4. The molecule has 0 bridgehead atoms. The Hall–Kier alpha value is 0.00636. The van der Waals surface area contributed by atoms with Crippen molar-refractivity contribution in [2.75, 3.05) is 6.54 Å². The second-order valence-electron chi connectivity index (χ2n) is 7.25. The summed E-state index contributed by atoms with van der Waals surface area (Å²) < 4.78 is 0. The molecule has 0 aromatic rings. The van der Waals surface area contributed by atoms with Crippen LogP contribution in [0.25, 0.3) is 0 Å². The molecule has 5 N–H and O–H groups in total. The van der Waals surface area contributed by atoms with Gasteiger partial charge in [0.05, 0.1) is 5.92 Å². The monoisotopic (exact) mass is 426 g/mol. The predicted molar refractivity (Wildman–Crippen MR) is 113 cm³/mol. The maximum atomic E-state index is 12.1.